The third-order valence-corrected chi connectivity index (χ3v) is 7.77. The summed E-state index contributed by atoms with van der Waals surface area (Å²) in [6.45, 7) is 4.47. The molecule has 6 nitrogen and oxygen atoms in total. The number of phosphoric ester groups is 1. The van der Waals surface area contributed by atoms with Crippen LogP contribution in [-0.4, -0.2) is 16.8 Å². The topological polar surface area (TPSA) is 89.9 Å². The summed E-state index contributed by atoms with van der Waals surface area (Å²) in [5, 5.41) is 0. The molecule has 220 valence electrons. The number of hydrogen-bond acceptors (Lipinski definition) is 5. The Morgan fingerprint density at radius 3 is 0.919 bits per heavy atom. The maximum atomic E-state index is 11.9. The fourth-order valence-electron chi connectivity index (χ4n) is 4.59. The van der Waals surface area contributed by atoms with Gasteiger partial charge in [0.05, 0.1) is 0 Å². The van der Waals surface area contributed by atoms with E-state index in [-0.39, 0.29) is 12.8 Å². The lowest BCUT2D eigenvalue weighted by Gasteiger charge is -2.11. The Morgan fingerprint density at radius 1 is 0.459 bits per heavy atom. The van der Waals surface area contributed by atoms with Crippen molar-refractivity contribution in [3.8, 4) is 0 Å². The molecular formula is C30H59O6P. The molecule has 0 radical (unpaired) electrons. The van der Waals surface area contributed by atoms with Crippen LogP contribution in [0.15, 0.2) is 0 Å². The molecule has 0 unspecified atom stereocenters. The second-order valence-electron chi connectivity index (χ2n) is 10.7. The molecule has 0 aromatic rings. The molecule has 0 aromatic heterocycles. The Balaban J connectivity index is 3.59. The van der Waals surface area contributed by atoms with Gasteiger partial charge in [0.2, 0.25) is 0 Å². The first-order valence-electron chi connectivity index (χ1n) is 15.7. The van der Waals surface area contributed by atoms with Crippen molar-refractivity contribution < 1.29 is 28.1 Å². The van der Waals surface area contributed by atoms with Gasteiger partial charge < -0.3 is 9.05 Å². The molecule has 0 aliphatic rings. The van der Waals surface area contributed by atoms with Crippen LogP contribution in [0.4, 0.5) is 0 Å². The Labute approximate surface area is 228 Å². The molecule has 0 bridgehead atoms. The SMILES string of the molecule is CCCCCCCCCCCCCCC(=O)OP(=O)(O)OC(=O)CCCCCCCCCCCCCC. The third kappa shape index (κ3) is 28.0. The fraction of sp³-hybridized carbons (Fsp3) is 0.933. The molecule has 0 amide bonds. The van der Waals surface area contributed by atoms with E-state index in [1.165, 1.54) is 103 Å². The number of carbonyl (C=O) groups excluding carboxylic acids is 2. The van der Waals surface area contributed by atoms with Crippen LogP contribution in [0.3, 0.4) is 0 Å². The highest BCUT2D eigenvalue weighted by molar-refractivity contribution is 7.48. The normalized spacial score (nSPS) is 11.5. The van der Waals surface area contributed by atoms with Crippen LogP contribution in [0.2, 0.25) is 0 Å². The Hall–Kier alpha value is -0.870. The lowest BCUT2D eigenvalue weighted by molar-refractivity contribution is -0.140. The van der Waals surface area contributed by atoms with Crippen molar-refractivity contribution in [3.63, 3.8) is 0 Å². The molecule has 0 aliphatic carbocycles. The maximum absolute atomic E-state index is 11.9. The van der Waals surface area contributed by atoms with Crippen molar-refractivity contribution in [2.45, 2.75) is 181 Å². The van der Waals surface area contributed by atoms with E-state index in [1.807, 2.05) is 0 Å². The summed E-state index contributed by atoms with van der Waals surface area (Å²) in [5.41, 5.74) is 0. The van der Waals surface area contributed by atoms with E-state index in [0.29, 0.717) is 12.8 Å². The average molecular weight is 547 g/mol. The molecule has 0 rings (SSSR count). The molecule has 0 aliphatic heterocycles. The maximum Gasteiger partial charge on any atom is 0.589 e. The number of carbonyl (C=O) groups is 2. The third-order valence-electron chi connectivity index (χ3n) is 6.90. The first kappa shape index (κ1) is 36.1. The zero-order valence-electron chi connectivity index (χ0n) is 24.3. The van der Waals surface area contributed by atoms with E-state index >= 15 is 0 Å². The van der Waals surface area contributed by atoms with Gasteiger partial charge in [-0.15, -0.1) is 0 Å². The highest BCUT2D eigenvalue weighted by atomic mass is 31.2. The summed E-state index contributed by atoms with van der Waals surface area (Å²) >= 11 is 0. The van der Waals surface area contributed by atoms with E-state index in [9.17, 15) is 19.0 Å². The van der Waals surface area contributed by atoms with Gasteiger partial charge in [-0.25, -0.2) is 4.57 Å². The van der Waals surface area contributed by atoms with Crippen molar-refractivity contribution in [3.05, 3.63) is 0 Å². The molecule has 0 fully saturated rings. The van der Waals surface area contributed by atoms with Gasteiger partial charge in [-0.1, -0.05) is 155 Å². The number of phosphoric acid groups is 1. The summed E-state index contributed by atoms with van der Waals surface area (Å²) in [5.74, 6) is -1.56. The van der Waals surface area contributed by atoms with Crippen LogP contribution in [0.1, 0.15) is 181 Å². The number of hydrogen-bond donors (Lipinski definition) is 1. The van der Waals surface area contributed by atoms with Crippen molar-refractivity contribution in [1.82, 2.24) is 0 Å². The minimum atomic E-state index is -4.67. The molecule has 0 saturated carbocycles. The lowest BCUT2D eigenvalue weighted by Crippen LogP contribution is -2.08. The smallest absolute Gasteiger partial charge is 0.361 e. The van der Waals surface area contributed by atoms with Crippen molar-refractivity contribution in [2.75, 3.05) is 0 Å². The summed E-state index contributed by atoms with van der Waals surface area (Å²) in [6.07, 6.45) is 28.5. The second-order valence-corrected chi connectivity index (χ2v) is 12.0. The van der Waals surface area contributed by atoms with Gasteiger partial charge >= 0.3 is 19.8 Å². The molecule has 0 atom stereocenters. The van der Waals surface area contributed by atoms with E-state index < -0.39 is 19.8 Å². The quantitative estimate of drug-likeness (QED) is 0.0775. The number of unbranched alkanes of at least 4 members (excludes halogenated alkanes) is 22. The van der Waals surface area contributed by atoms with Crippen molar-refractivity contribution in [2.24, 2.45) is 0 Å². The van der Waals surface area contributed by atoms with Crippen LogP contribution in [0.25, 0.3) is 0 Å². The zero-order valence-corrected chi connectivity index (χ0v) is 25.2. The average Bonchev–Trinajstić information content (AvgIpc) is 2.84. The second kappa shape index (κ2) is 26.7. The van der Waals surface area contributed by atoms with Crippen LogP contribution in [0, 0.1) is 0 Å². The molecule has 0 aromatic carbocycles. The molecule has 0 saturated heterocycles. The van der Waals surface area contributed by atoms with E-state index in [1.54, 1.807) is 0 Å². The van der Waals surface area contributed by atoms with Gasteiger partial charge in [-0.2, -0.15) is 0 Å². The standard InChI is InChI=1S/C30H59O6P/c1-3-5-7-9-11-13-15-17-19-21-23-25-27-29(31)35-37(33,34)36-30(32)28-26-24-22-20-18-16-14-12-10-8-6-4-2/h3-28H2,1-2H3,(H,33,34). The van der Waals surface area contributed by atoms with Crippen molar-refractivity contribution >= 4 is 19.8 Å². The predicted octanol–water partition coefficient (Wildman–Crippen LogP) is 10.4. The van der Waals surface area contributed by atoms with Crippen molar-refractivity contribution in [1.29, 1.82) is 0 Å². The van der Waals surface area contributed by atoms with Gasteiger partial charge in [-0.3, -0.25) is 14.5 Å². The molecule has 0 spiro atoms. The minimum absolute atomic E-state index is 0.0677. The predicted molar refractivity (Wildman–Crippen MR) is 153 cm³/mol. The van der Waals surface area contributed by atoms with Gasteiger partial charge in [0, 0.05) is 12.8 Å². The van der Waals surface area contributed by atoms with E-state index in [0.717, 1.165) is 38.5 Å². The summed E-state index contributed by atoms with van der Waals surface area (Å²) in [4.78, 5) is 33.4. The zero-order chi connectivity index (χ0) is 27.5. The summed E-state index contributed by atoms with van der Waals surface area (Å²) in [6, 6.07) is 0. The van der Waals surface area contributed by atoms with E-state index in [4.69, 9.17) is 0 Å². The minimum Gasteiger partial charge on any atom is -0.361 e. The molecule has 37 heavy (non-hydrogen) atoms. The molecular weight excluding hydrogens is 487 g/mol. The Kier molecular flexibility index (Phi) is 26.1. The van der Waals surface area contributed by atoms with E-state index in [2.05, 4.69) is 22.9 Å². The monoisotopic (exact) mass is 546 g/mol. The summed E-state index contributed by atoms with van der Waals surface area (Å²) in [7, 11) is -4.67. The number of rotatable bonds is 28. The van der Waals surface area contributed by atoms with Crippen LogP contribution >= 0.6 is 7.82 Å². The molecule has 7 heteroatoms. The Morgan fingerprint density at radius 2 is 0.676 bits per heavy atom. The molecule has 0 heterocycles. The van der Waals surface area contributed by atoms with Gasteiger partial charge in [0.1, 0.15) is 0 Å². The molecule has 1 N–H and O–H groups in total. The summed E-state index contributed by atoms with van der Waals surface area (Å²) < 4.78 is 21.0. The first-order valence-corrected chi connectivity index (χ1v) is 17.2. The van der Waals surface area contributed by atoms with Gasteiger partial charge in [-0.05, 0) is 12.8 Å². The highest BCUT2D eigenvalue weighted by Crippen LogP contribution is 2.44. The van der Waals surface area contributed by atoms with Gasteiger partial charge in [0.15, 0.2) is 0 Å². The lowest BCUT2D eigenvalue weighted by atomic mass is 10.0. The van der Waals surface area contributed by atoms with Crippen LogP contribution < -0.4 is 0 Å². The first-order chi connectivity index (χ1) is 17.9. The van der Waals surface area contributed by atoms with Crippen LogP contribution in [0.5, 0.6) is 0 Å². The van der Waals surface area contributed by atoms with Crippen LogP contribution in [-0.2, 0) is 23.2 Å². The highest BCUT2D eigenvalue weighted by Gasteiger charge is 2.30. The largest absolute Gasteiger partial charge is 0.589 e. The Bertz CT molecular complexity index is 534. The van der Waals surface area contributed by atoms with Gasteiger partial charge in [0.25, 0.3) is 0 Å². The fourth-order valence-corrected chi connectivity index (χ4v) is 5.32.